The molecule has 0 aliphatic carbocycles. The predicted octanol–water partition coefficient (Wildman–Crippen LogP) is 1.98. The summed E-state index contributed by atoms with van der Waals surface area (Å²) in [6.45, 7) is 3.08. The quantitative estimate of drug-likeness (QED) is 0.684. The number of carbonyl (C=O) groups is 1. The van der Waals surface area contributed by atoms with Crippen LogP contribution in [0, 0.1) is 6.92 Å². The summed E-state index contributed by atoms with van der Waals surface area (Å²) < 4.78 is 1.83. The number of benzene rings is 2. The van der Waals surface area contributed by atoms with Gasteiger partial charge in [0.05, 0.1) is 24.0 Å². The average Bonchev–Trinajstić information content (AvgIpc) is 2.98. The van der Waals surface area contributed by atoms with Crippen molar-refractivity contribution in [3.63, 3.8) is 0 Å². The maximum atomic E-state index is 12.1. The molecule has 0 saturated heterocycles. The van der Waals surface area contributed by atoms with E-state index in [1.165, 1.54) is 6.92 Å². The van der Waals surface area contributed by atoms with E-state index in [0.717, 1.165) is 22.2 Å². The predicted molar refractivity (Wildman–Crippen MR) is 94.1 cm³/mol. The maximum absolute atomic E-state index is 12.1. The molecule has 4 N–H and O–H groups in total. The van der Waals surface area contributed by atoms with E-state index in [-0.39, 0.29) is 0 Å². The second-order valence-electron chi connectivity index (χ2n) is 6.20. The molecule has 24 heavy (non-hydrogen) atoms. The van der Waals surface area contributed by atoms with Crippen LogP contribution < -0.4 is 11.1 Å². The number of aliphatic hydroxyl groups is 1. The van der Waals surface area contributed by atoms with Crippen LogP contribution in [0.15, 0.2) is 48.7 Å². The lowest BCUT2D eigenvalue weighted by atomic mass is 10.0. The molecule has 0 fully saturated rings. The van der Waals surface area contributed by atoms with Crippen molar-refractivity contribution in [1.82, 2.24) is 9.78 Å². The Morgan fingerprint density at radius 1 is 1.33 bits per heavy atom. The third-order valence-corrected chi connectivity index (χ3v) is 3.92. The van der Waals surface area contributed by atoms with Crippen molar-refractivity contribution in [2.24, 2.45) is 5.73 Å². The highest BCUT2D eigenvalue weighted by molar-refractivity contribution is 5.99. The topological polar surface area (TPSA) is 93.2 Å². The van der Waals surface area contributed by atoms with Crippen LogP contribution in [0.2, 0.25) is 0 Å². The largest absolute Gasteiger partial charge is 0.394 e. The van der Waals surface area contributed by atoms with Gasteiger partial charge in [0.15, 0.2) is 0 Å². The van der Waals surface area contributed by atoms with Crippen molar-refractivity contribution in [2.75, 3.05) is 11.9 Å². The zero-order valence-electron chi connectivity index (χ0n) is 13.7. The van der Waals surface area contributed by atoms with Gasteiger partial charge in [-0.2, -0.15) is 5.10 Å². The fourth-order valence-corrected chi connectivity index (χ4v) is 2.41. The fraction of sp³-hybridized carbons (Fsp3) is 0.222. The van der Waals surface area contributed by atoms with E-state index in [0.29, 0.717) is 5.69 Å². The molecule has 1 amide bonds. The monoisotopic (exact) mass is 324 g/mol. The van der Waals surface area contributed by atoms with Gasteiger partial charge in [-0.3, -0.25) is 4.79 Å². The summed E-state index contributed by atoms with van der Waals surface area (Å²) in [4.78, 5) is 12.1. The molecular weight excluding hydrogens is 304 g/mol. The van der Waals surface area contributed by atoms with Crippen LogP contribution in [0.1, 0.15) is 12.5 Å². The molecular formula is C18H20N4O2. The van der Waals surface area contributed by atoms with Crippen LogP contribution in [-0.4, -0.2) is 32.9 Å². The molecule has 0 aliphatic rings. The number of rotatable bonds is 4. The number of aromatic nitrogens is 2. The van der Waals surface area contributed by atoms with Crippen LogP contribution >= 0.6 is 0 Å². The van der Waals surface area contributed by atoms with E-state index in [4.69, 9.17) is 5.73 Å². The van der Waals surface area contributed by atoms with Crippen molar-refractivity contribution in [1.29, 1.82) is 0 Å². The minimum atomic E-state index is -1.33. The lowest BCUT2D eigenvalue weighted by Gasteiger charge is -2.20. The third kappa shape index (κ3) is 3.02. The first-order valence-corrected chi connectivity index (χ1v) is 7.67. The number of hydrogen-bond acceptors (Lipinski definition) is 4. The van der Waals surface area contributed by atoms with Crippen molar-refractivity contribution < 1.29 is 9.90 Å². The molecule has 3 aromatic rings. The molecule has 1 heterocycles. The van der Waals surface area contributed by atoms with E-state index >= 15 is 0 Å². The highest BCUT2D eigenvalue weighted by atomic mass is 16.3. The van der Waals surface area contributed by atoms with Crippen LogP contribution in [0.5, 0.6) is 0 Å². The zero-order valence-corrected chi connectivity index (χ0v) is 13.7. The van der Waals surface area contributed by atoms with Crippen molar-refractivity contribution in [3.05, 3.63) is 54.2 Å². The van der Waals surface area contributed by atoms with Gasteiger partial charge >= 0.3 is 0 Å². The van der Waals surface area contributed by atoms with Crippen LogP contribution in [0.3, 0.4) is 0 Å². The summed E-state index contributed by atoms with van der Waals surface area (Å²) in [6.07, 6.45) is 1.78. The Morgan fingerprint density at radius 3 is 2.83 bits per heavy atom. The second kappa shape index (κ2) is 6.07. The first-order chi connectivity index (χ1) is 11.4. The minimum Gasteiger partial charge on any atom is -0.394 e. The molecule has 1 atom stereocenters. The van der Waals surface area contributed by atoms with Gasteiger partial charge in [0.2, 0.25) is 5.91 Å². The SMILES string of the molecule is Cc1cccc(-n2ncc3ccc(NC(=O)[C@](C)(N)CO)cc32)c1. The van der Waals surface area contributed by atoms with Crippen molar-refractivity contribution >= 4 is 22.5 Å². The Kier molecular flexibility index (Phi) is 4.09. The van der Waals surface area contributed by atoms with Gasteiger partial charge in [-0.15, -0.1) is 0 Å². The number of fused-ring (bicyclic) bond motifs is 1. The van der Waals surface area contributed by atoms with E-state index in [9.17, 15) is 9.90 Å². The van der Waals surface area contributed by atoms with Crippen molar-refractivity contribution in [3.8, 4) is 5.69 Å². The smallest absolute Gasteiger partial charge is 0.246 e. The molecule has 0 unspecified atom stereocenters. The van der Waals surface area contributed by atoms with Crippen molar-refractivity contribution in [2.45, 2.75) is 19.4 Å². The van der Waals surface area contributed by atoms with Crippen LogP contribution in [-0.2, 0) is 4.79 Å². The average molecular weight is 324 g/mol. The number of aliphatic hydroxyl groups excluding tert-OH is 1. The molecule has 124 valence electrons. The Labute approximate surface area is 139 Å². The van der Waals surface area contributed by atoms with Crippen LogP contribution in [0.4, 0.5) is 5.69 Å². The molecule has 6 nitrogen and oxygen atoms in total. The number of anilines is 1. The lowest BCUT2D eigenvalue weighted by molar-refractivity contribution is -0.121. The maximum Gasteiger partial charge on any atom is 0.246 e. The molecule has 2 aromatic carbocycles. The molecule has 3 rings (SSSR count). The second-order valence-corrected chi connectivity index (χ2v) is 6.20. The van der Waals surface area contributed by atoms with Gasteiger partial charge in [-0.1, -0.05) is 12.1 Å². The molecule has 0 radical (unpaired) electrons. The summed E-state index contributed by atoms with van der Waals surface area (Å²) in [6, 6.07) is 13.5. The number of amides is 1. The number of nitrogens with two attached hydrogens (primary N) is 1. The number of nitrogens with zero attached hydrogens (tertiary/aromatic N) is 2. The normalized spacial score (nSPS) is 13.7. The molecule has 0 aliphatic heterocycles. The zero-order chi connectivity index (χ0) is 17.3. The summed E-state index contributed by atoms with van der Waals surface area (Å²) in [5.41, 5.74) is 8.00. The highest BCUT2D eigenvalue weighted by Crippen LogP contribution is 2.23. The molecule has 1 aromatic heterocycles. The number of hydrogen-bond donors (Lipinski definition) is 3. The van der Waals surface area contributed by atoms with E-state index in [1.807, 2.05) is 48.0 Å². The van der Waals surface area contributed by atoms with Gasteiger partial charge in [0.25, 0.3) is 0 Å². The summed E-state index contributed by atoms with van der Waals surface area (Å²) >= 11 is 0. The van der Waals surface area contributed by atoms with E-state index in [2.05, 4.69) is 10.4 Å². The van der Waals surface area contributed by atoms with E-state index in [1.54, 1.807) is 12.3 Å². The first-order valence-electron chi connectivity index (χ1n) is 7.67. The number of aryl methyl sites for hydroxylation is 1. The highest BCUT2D eigenvalue weighted by Gasteiger charge is 2.27. The number of nitrogens with one attached hydrogen (secondary N) is 1. The van der Waals surface area contributed by atoms with Crippen LogP contribution in [0.25, 0.3) is 16.6 Å². The molecule has 0 bridgehead atoms. The molecule has 0 saturated carbocycles. The summed E-state index contributed by atoms with van der Waals surface area (Å²) in [7, 11) is 0. The summed E-state index contributed by atoms with van der Waals surface area (Å²) in [5.74, 6) is -0.439. The minimum absolute atomic E-state index is 0.428. The lowest BCUT2D eigenvalue weighted by Crippen LogP contribution is -2.51. The van der Waals surface area contributed by atoms with Gasteiger partial charge in [-0.05, 0) is 49.7 Å². The first kappa shape index (κ1) is 16.2. The Bertz CT molecular complexity index is 899. The Balaban J connectivity index is 1.99. The Hall–Kier alpha value is -2.70. The third-order valence-electron chi connectivity index (χ3n) is 3.92. The van der Waals surface area contributed by atoms with E-state index < -0.39 is 18.1 Å². The fourth-order valence-electron chi connectivity index (χ4n) is 2.41. The summed E-state index contributed by atoms with van der Waals surface area (Å²) in [5, 5.41) is 17.3. The van der Waals surface area contributed by atoms with Gasteiger partial charge < -0.3 is 16.2 Å². The van der Waals surface area contributed by atoms with Gasteiger partial charge in [-0.25, -0.2) is 4.68 Å². The number of carbonyl (C=O) groups excluding carboxylic acids is 1. The van der Waals surface area contributed by atoms with Gasteiger partial charge in [0, 0.05) is 11.1 Å². The molecule has 0 spiro atoms. The molecule has 6 heteroatoms. The van der Waals surface area contributed by atoms with Gasteiger partial charge in [0.1, 0.15) is 5.54 Å². The standard InChI is InChI=1S/C18H20N4O2/c1-12-4-3-5-15(8-12)22-16-9-14(7-6-13(16)10-20-22)21-17(24)18(2,19)11-23/h3-10,23H,11,19H2,1-2H3,(H,21,24)/t18-/m1/s1. The Morgan fingerprint density at radius 2 is 2.12 bits per heavy atom.